The zero-order valence-electron chi connectivity index (χ0n) is 28.2. The van der Waals surface area contributed by atoms with Crippen LogP contribution in [0.2, 0.25) is 0 Å². The molecule has 1 aromatic carbocycles. The van der Waals surface area contributed by atoms with Gasteiger partial charge in [-0.1, -0.05) is 56.7 Å². The summed E-state index contributed by atoms with van der Waals surface area (Å²) in [5, 5.41) is 0. The Hall–Kier alpha value is -3.48. The van der Waals surface area contributed by atoms with Crippen molar-refractivity contribution in [2.24, 2.45) is 4.99 Å². The van der Waals surface area contributed by atoms with Gasteiger partial charge in [-0.05, 0) is 90.2 Å². The second kappa shape index (κ2) is 17.7. The zero-order valence-corrected chi connectivity index (χ0v) is 28.2. The Kier molecular flexibility index (Phi) is 14.8. The van der Waals surface area contributed by atoms with Crippen molar-refractivity contribution in [1.82, 2.24) is 9.80 Å². The van der Waals surface area contributed by atoms with Crippen LogP contribution < -0.4 is 0 Å². The number of hydrogen-bond donors (Lipinski definition) is 0. The van der Waals surface area contributed by atoms with Crippen molar-refractivity contribution < 1.29 is 18.3 Å². The highest BCUT2D eigenvalue weighted by molar-refractivity contribution is 6.09. The molecule has 0 N–H and O–H groups in total. The van der Waals surface area contributed by atoms with Gasteiger partial charge in [0.25, 0.3) is 0 Å². The minimum Gasteiger partial charge on any atom is -0.444 e. The number of unbranched alkanes of at least 4 members (excludes halogenated alkanes) is 3. The van der Waals surface area contributed by atoms with E-state index in [2.05, 4.69) is 50.5 Å². The molecule has 0 radical (unpaired) electrons. The molecule has 0 bridgehead atoms. The molecule has 1 heterocycles. The molecule has 1 aromatic rings. The van der Waals surface area contributed by atoms with Crippen molar-refractivity contribution >= 4 is 17.4 Å². The van der Waals surface area contributed by atoms with Gasteiger partial charge in [-0.3, -0.25) is 4.99 Å². The van der Waals surface area contributed by atoms with E-state index in [1.807, 2.05) is 46.8 Å². The smallest absolute Gasteiger partial charge is 0.410 e. The summed E-state index contributed by atoms with van der Waals surface area (Å²) in [7, 11) is 0. The van der Waals surface area contributed by atoms with Crippen LogP contribution >= 0.6 is 0 Å². The lowest BCUT2D eigenvalue weighted by atomic mass is 9.90. The number of rotatable bonds is 13. The molecule has 1 aliphatic rings. The Balaban J connectivity index is 2.58. The first-order chi connectivity index (χ1) is 20.8. The summed E-state index contributed by atoms with van der Waals surface area (Å²) in [6.45, 7) is 22.4. The first-order valence-electron chi connectivity index (χ1n) is 15.9. The maximum absolute atomic E-state index is 14.1. The molecule has 2 rings (SSSR count). The fourth-order valence-electron chi connectivity index (χ4n) is 5.28. The summed E-state index contributed by atoms with van der Waals surface area (Å²) >= 11 is 0. The number of amides is 1. The Bertz CT molecular complexity index is 1260. The van der Waals surface area contributed by atoms with Crippen LogP contribution in [0.3, 0.4) is 0 Å². The van der Waals surface area contributed by atoms with Crippen molar-refractivity contribution in [3.63, 3.8) is 0 Å². The first kappa shape index (κ1) is 36.7. The molecule has 1 fully saturated rings. The van der Waals surface area contributed by atoms with E-state index in [9.17, 15) is 13.6 Å². The van der Waals surface area contributed by atoms with E-state index in [0.717, 1.165) is 47.9 Å². The van der Waals surface area contributed by atoms with E-state index < -0.39 is 17.2 Å². The summed E-state index contributed by atoms with van der Waals surface area (Å²) < 4.78 is 33.9. The van der Waals surface area contributed by atoms with Gasteiger partial charge >= 0.3 is 6.09 Å². The van der Waals surface area contributed by atoms with Gasteiger partial charge in [0.15, 0.2) is 0 Å². The number of halogens is 2. The SMILES string of the molecule is C=C(CC(=NC/C=C\C)C(/C(=C\C)/C=C/CCCCC)=C(\C)N1CCN(C(=O)OC(C)(C)C)C[C@@H]1C)c1cc(F)cc(F)c1. The third kappa shape index (κ3) is 11.5. The minimum absolute atomic E-state index is 0.0233. The molecule has 1 amide bonds. The van der Waals surface area contributed by atoms with Gasteiger partial charge in [0.2, 0.25) is 0 Å². The van der Waals surface area contributed by atoms with Gasteiger partial charge in [-0.25, -0.2) is 13.6 Å². The Morgan fingerprint density at radius 2 is 1.80 bits per heavy atom. The molecule has 0 aromatic heterocycles. The van der Waals surface area contributed by atoms with Crippen molar-refractivity contribution in [2.75, 3.05) is 26.2 Å². The van der Waals surface area contributed by atoms with Crippen LogP contribution in [0, 0.1) is 11.6 Å². The summed E-state index contributed by atoms with van der Waals surface area (Å²) in [4.78, 5) is 21.9. The van der Waals surface area contributed by atoms with Crippen LogP contribution in [-0.4, -0.2) is 59.4 Å². The number of allylic oxidation sites excluding steroid dienone is 8. The van der Waals surface area contributed by atoms with Crippen LogP contribution in [0.4, 0.5) is 13.6 Å². The fourth-order valence-corrected chi connectivity index (χ4v) is 5.28. The second-order valence-electron chi connectivity index (χ2n) is 12.4. The molecule has 1 saturated heterocycles. The molecule has 7 heteroatoms. The monoisotopic (exact) mass is 609 g/mol. The summed E-state index contributed by atoms with van der Waals surface area (Å²) in [5.74, 6) is -1.28. The van der Waals surface area contributed by atoms with Gasteiger partial charge in [0.05, 0.1) is 6.54 Å². The number of carbonyl (C=O) groups is 1. The molecular formula is C37H53F2N3O2. The lowest BCUT2D eigenvalue weighted by Gasteiger charge is -2.42. The molecule has 242 valence electrons. The van der Waals surface area contributed by atoms with Crippen LogP contribution in [0.5, 0.6) is 0 Å². The van der Waals surface area contributed by atoms with Crippen molar-refractivity contribution in [1.29, 1.82) is 0 Å². The van der Waals surface area contributed by atoms with Gasteiger partial charge in [0, 0.05) is 55.1 Å². The lowest BCUT2D eigenvalue weighted by Crippen LogP contribution is -2.54. The first-order valence-corrected chi connectivity index (χ1v) is 15.9. The maximum atomic E-state index is 14.1. The number of carbonyl (C=O) groups excluding carboxylic acids is 1. The number of ether oxygens (including phenoxy) is 1. The number of piperazine rings is 1. The standard InChI is InChI=1S/C37H53F2N3O2/c1-10-13-15-16-17-18-30(12-3)35(29(6)42-21-20-41(26-28(42)5)36(43)44-37(7,8)9)34(40-19-14-11-2)22-27(4)31-23-32(38)25-33(39)24-31/h11-12,14,17-18,23-25,28H,4,10,13,15-16,19-22,26H2,1-3,5-9H3/b14-11-,18-17+,30-12-,35-29+,40-34?/t28-/m0/s1. The topological polar surface area (TPSA) is 45.1 Å². The predicted octanol–water partition coefficient (Wildman–Crippen LogP) is 9.68. The Morgan fingerprint density at radius 1 is 1.11 bits per heavy atom. The second-order valence-corrected chi connectivity index (χ2v) is 12.4. The molecule has 1 aliphatic heterocycles. The number of benzene rings is 1. The van der Waals surface area contributed by atoms with Gasteiger partial charge in [-0.15, -0.1) is 0 Å². The predicted molar refractivity (Wildman–Crippen MR) is 181 cm³/mol. The fraction of sp³-hybridized carbons (Fsp3) is 0.514. The molecule has 0 saturated carbocycles. The minimum atomic E-state index is -0.638. The molecule has 1 atom stereocenters. The van der Waals surface area contributed by atoms with Crippen LogP contribution in [0.15, 0.2) is 77.0 Å². The third-order valence-corrected chi connectivity index (χ3v) is 7.51. The van der Waals surface area contributed by atoms with Gasteiger partial charge in [-0.2, -0.15) is 0 Å². The van der Waals surface area contributed by atoms with E-state index in [0.29, 0.717) is 43.7 Å². The Labute approximate surface area is 264 Å². The number of aliphatic imine (C=N–C) groups is 1. The molecular weight excluding hydrogens is 556 g/mol. The highest BCUT2D eigenvalue weighted by Crippen LogP contribution is 2.30. The molecule has 5 nitrogen and oxygen atoms in total. The van der Waals surface area contributed by atoms with E-state index in [4.69, 9.17) is 9.73 Å². The van der Waals surface area contributed by atoms with Crippen molar-refractivity contribution in [3.05, 3.63) is 89.2 Å². The lowest BCUT2D eigenvalue weighted by molar-refractivity contribution is 0.0101. The molecule has 0 spiro atoms. The van der Waals surface area contributed by atoms with E-state index in [1.54, 1.807) is 4.90 Å². The van der Waals surface area contributed by atoms with Crippen LogP contribution in [0.25, 0.3) is 5.57 Å². The number of nitrogens with zero attached hydrogens (tertiary/aromatic N) is 3. The molecule has 0 aliphatic carbocycles. The average Bonchev–Trinajstić information content (AvgIpc) is 2.94. The van der Waals surface area contributed by atoms with Crippen molar-refractivity contribution in [3.8, 4) is 0 Å². The zero-order chi connectivity index (χ0) is 32.9. The summed E-state index contributed by atoms with van der Waals surface area (Å²) in [5.41, 5.74) is 4.26. The maximum Gasteiger partial charge on any atom is 0.410 e. The Morgan fingerprint density at radius 3 is 2.36 bits per heavy atom. The van der Waals surface area contributed by atoms with Gasteiger partial charge in [0.1, 0.15) is 17.2 Å². The van der Waals surface area contributed by atoms with E-state index >= 15 is 0 Å². The van der Waals surface area contributed by atoms with Crippen LogP contribution in [-0.2, 0) is 4.74 Å². The summed E-state index contributed by atoms with van der Waals surface area (Å²) in [6.07, 6.45) is 14.8. The highest BCUT2D eigenvalue weighted by Gasteiger charge is 2.31. The normalized spacial score (nSPS) is 17.5. The average molecular weight is 610 g/mol. The van der Waals surface area contributed by atoms with E-state index in [1.165, 1.54) is 18.6 Å². The summed E-state index contributed by atoms with van der Waals surface area (Å²) in [6, 6.07) is 3.52. The largest absolute Gasteiger partial charge is 0.444 e. The molecule has 44 heavy (non-hydrogen) atoms. The van der Waals surface area contributed by atoms with E-state index in [-0.39, 0.29) is 12.1 Å². The quantitative estimate of drug-likeness (QED) is 0.0968. The third-order valence-electron chi connectivity index (χ3n) is 7.51. The highest BCUT2D eigenvalue weighted by atomic mass is 19.1. The molecule has 0 unspecified atom stereocenters. The number of hydrogen-bond acceptors (Lipinski definition) is 4. The van der Waals surface area contributed by atoms with Crippen LogP contribution in [0.1, 0.15) is 93.1 Å². The van der Waals surface area contributed by atoms with Gasteiger partial charge < -0.3 is 14.5 Å². The van der Waals surface area contributed by atoms with Crippen molar-refractivity contribution in [2.45, 2.75) is 99.1 Å².